The second-order valence-corrected chi connectivity index (χ2v) is 17.4. The van der Waals surface area contributed by atoms with E-state index in [-0.39, 0.29) is 5.41 Å². The minimum absolute atomic E-state index is 0.131. The number of nitrogens with zero attached hydrogens (tertiary/aromatic N) is 3. The summed E-state index contributed by atoms with van der Waals surface area (Å²) in [5.74, 6) is 0.671. The van der Waals surface area contributed by atoms with Gasteiger partial charge in [-0.15, -0.1) is 0 Å². The third kappa shape index (κ3) is 6.36. The number of fused-ring (bicyclic) bond motifs is 6. The molecule has 3 heteroatoms. The second-order valence-electron chi connectivity index (χ2n) is 17.4. The van der Waals surface area contributed by atoms with Gasteiger partial charge in [-0.1, -0.05) is 196 Å². The van der Waals surface area contributed by atoms with Crippen LogP contribution in [0.2, 0.25) is 0 Å². The van der Waals surface area contributed by atoms with Crippen LogP contribution in [0.15, 0.2) is 224 Å². The molecule has 0 radical (unpaired) electrons. The van der Waals surface area contributed by atoms with Gasteiger partial charge in [-0.05, 0) is 98.1 Å². The Morgan fingerprint density at radius 1 is 0.328 bits per heavy atom. The summed E-state index contributed by atoms with van der Waals surface area (Å²) >= 11 is 0. The van der Waals surface area contributed by atoms with Crippen molar-refractivity contribution in [3.8, 4) is 84.1 Å². The lowest BCUT2D eigenvalue weighted by atomic mass is 9.81. The van der Waals surface area contributed by atoms with Gasteiger partial charge in [-0.25, -0.2) is 9.97 Å². The highest BCUT2D eigenvalue weighted by Gasteiger charge is 2.35. The highest BCUT2D eigenvalue weighted by Crippen LogP contribution is 2.50. The Balaban J connectivity index is 1.07. The van der Waals surface area contributed by atoms with Crippen LogP contribution in [0.3, 0.4) is 0 Å². The van der Waals surface area contributed by atoms with Crippen LogP contribution in [0.5, 0.6) is 0 Å². The molecule has 0 saturated heterocycles. The molecule has 0 atom stereocenters. The highest BCUT2D eigenvalue weighted by atomic mass is 15.0. The topological polar surface area (TPSA) is 30.7 Å². The van der Waals surface area contributed by atoms with Crippen LogP contribution in [-0.4, -0.2) is 14.5 Å². The maximum atomic E-state index is 5.44. The summed E-state index contributed by atoms with van der Waals surface area (Å²) in [5.41, 5.74) is 20.3. The summed E-state index contributed by atoms with van der Waals surface area (Å²) in [5, 5.41) is 2.45. The molecule has 0 spiro atoms. The van der Waals surface area contributed by atoms with Gasteiger partial charge >= 0.3 is 0 Å². The number of hydrogen-bond acceptors (Lipinski definition) is 2. The van der Waals surface area contributed by atoms with E-state index >= 15 is 0 Å². The molecule has 0 amide bonds. The van der Waals surface area contributed by atoms with Gasteiger partial charge in [-0.2, -0.15) is 0 Å². The van der Waals surface area contributed by atoms with Crippen LogP contribution in [0.1, 0.15) is 25.0 Å². The summed E-state index contributed by atoms with van der Waals surface area (Å²) in [7, 11) is 0. The summed E-state index contributed by atoms with van der Waals surface area (Å²) in [4.78, 5) is 10.9. The fraction of sp³-hybridized carbons (Fsp3) is 0.0492. The van der Waals surface area contributed by atoms with Gasteiger partial charge < -0.3 is 4.57 Å². The van der Waals surface area contributed by atoms with Gasteiger partial charge in [0.05, 0.1) is 22.4 Å². The van der Waals surface area contributed by atoms with Crippen molar-refractivity contribution >= 4 is 21.8 Å². The molecule has 0 aliphatic heterocycles. The molecule has 0 unspecified atom stereocenters. The Bertz CT molecular complexity index is 3390. The maximum absolute atomic E-state index is 5.44. The van der Waals surface area contributed by atoms with Gasteiger partial charge in [-0.3, -0.25) is 0 Å². The number of aromatic nitrogens is 3. The van der Waals surface area contributed by atoms with E-state index in [0.29, 0.717) is 5.82 Å². The van der Waals surface area contributed by atoms with Crippen LogP contribution in [0.25, 0.3) is 106 Å². The first-order valence-electron chi connectivity index (χ1n) is 22.1. The smallest absolute Gasteiger partial charge is 0.160 e. The summed E-state index contributed by atoms with van der Waals surface area (Å²) in [6.07, 6.45) is 0. The molecule has 0 fully saturated rings. The van der Waals surface area contributed by atoms with Crippen molar-refractivity contribution in [2.45, 2.75) is 19.3 Å². The first-order chi connectivity index (χ1) is 31.5. The van der Waals surface area contributed by atoms with E-state index in [4.69, 9.17) is 9.97 Å². The number of para-hydroxylation sites is 2. The quantitative estimate of drug-likeness (QED) is 0.160. The Morgan fingerprint density at radius 3 is 1.38 bits per heavy atom. The summed E-state index contributed by atoms with van der Waals surface area (Å²) in [6, 6.07) is 80.9. The third-order valence-corrected chi connectivity index (χ3v) is 13.2. The van der Waals surface area contributed by atoms with Crippen LogP contribution < -0.4 is 0 Å². The molecule has 2 aromatic heterocycles. The molecule has 1 aliphatic rings. The van der Waals surface area contributed by atoms with Crippen LogP contribution in [0, 0.1) is 0 Å². The Hall–Kier alpha value is -8.14. The number of benzene rings is 9. The lowest BCUT2D eigenvalue weighted by molar-refractivity contribution is 0.660. The van der Waals surface area contributed by atoms with E-state index in [0.717, 1.165) is 55.9 Å². The molecule has 1 aliphatic carbocycles. The minimum Gasteiger partial charge on any atom is -0.309 e. The molecule has 0 bridgehead atoms. The Labute approximate surface area is 373 Å². The Morgan fingerprint density at radius 2 is 0.781 bits per heavy atom. The van der Waals surface area contributed by atoms with Crippen LogP contribution in [0.4, 0.5) is 0 Å². The van der Waals surface area contributed by atoms with Gasteiger partial charge in [0.15, 0.2) is 5.82 Å². The Kier molecular flexibility index (Phi) is 8.84. The van der Waals surface area contributed by atoms with Crippen LogP contribution >= 0.6 is 0 Å². The average molecular weight is 818 g/mol. The largest absolute Gasteiger partial charge is 0.309 e. The van der Waals surface area contributed by atoms with E-state index in [2.05, 4.69) is 243 Å². The van der Waals surface area contributed by atoms with Crippen molar-refractivity contribution in [2.24, 2.45) is 0 Å². The molecular formula is C61H43N3. The average Bonchev–Trinajstić information content (AvgIpc) is 3.82. The van der Waals surface area contributed by atoms with Crippen molar-refractivity contribution in [2.75, 3.05) is 0 Å². The van der Waals surface area contributed by atoms with Crippen molar-refractivity contribution in [1.29, 1.82) is 0 Å². The molecule has 12 rings (SSSR count). The predicted octanol–water partition coefficient (Wildman–Crippen LogP) is 15.9. The molecule has 3 nitrogen and oxygen atoms in total. The van der Waals surface area contributed by atoms with E-state index in [1.807, 2.05) is 0 Å². The second kappa shape index (κ2) is 15.0. The van der Waals surface area contributed by atoms with Gasteiger partial charge in [0, 0.05) is 38.6 Å². The van der Waals surface area contributed by atoms with Crippen molar-refractivity contribution in [3.63, 3.8) is 0 Å². The maximum Gasteiger partial charge on any atom is 0.160 e. The van der Waals surface area contributed by atoms with Crippen molar-refractivity contribution in [1.82, 2.24) is 14.5 Å². The first kappa shape index (κ1) is 37.6. The molecule has 2 heterocycles. The van der Waals surface area contributed by atoms with E-state index in [1.54, 1.807) is 0 Å². The lowest BCUT2D eigenvalue weighted by Gasteiger charge is -2.22. The summed E-state index contributed by atoms with van der Waals surface area (Å²) < 4.78 is 2.40. The predicted molar refractivity (Wildman–Crippen MR) is 267 cm³/mol. The fourth-order valence-electron chi connectivity index (χ4n) is 9.92. The van der Waals surface area contributed by atoms with Crippen molar-refractivity contribution in [3.05, 3.63) is 236 Å². The van der Waals surface area contributed by atoms with Crippen molar-refractivity contribution < 1.29 is 0 Å². The van der Waals surface area contributed by atoms with Crippen LogP contribution in [-0.2, 0) is 5.41 Å². The van der Waals surface area contributed by atoms with Gasteiger partial charge in [0.25, 0.3) is 0 Å². The standard InChI is InChI=1S/C61H43N3/c1-61(2)54-22-12-9-19-50(54)51-34-33-46(38-55(51)61)47-35-48(37-49(36-47)64-58-23-13-10-20-52(58)53-21-11-14-24-59(53)64)60-62-56(44-29-25-42(26-30-44)40-15-5-3-6-16-40)39-57(63-60)45-31-27-43(28-32-45)41-17-7-4-8-18-41/h3-39H,1-2H3. The summed E-state index contributed by atoms with van der Waals surface area (Å²) in [6.45, 7) is 4.70. The minimum atomic E-state index is -0.131. The monoisotopic (exact) mass is 817 g/mol. The SMILES string of the molecule is CC1(C)c2ccccc2-c2ccc(-c3cc(-c4nc(-c5ccc(-c6ccccc6)cc5)cc(-c5ccc(-c6ccccc6)cc5)n4)cc(-n4c5ccccc5c5ccccc54)c3)cc21. The molecule has 0 saturated carbocycles. The number of rotatable bonds is 7. The van der Waals surface area contributed by atoms with E-state index in [1.165, 1.54) is 55.3 Å². The van der Waals surface area contributed by atoms with E-state index in [9.17, 15) is 0 Å². The van der Waals surface area contributed by atoms with Gasteiger partial charge in [0.2, 0.25) is 0 Å². The zero-order chi connectivity index (χ0) is 42.8. The zero-order valence-electron chi connectivity index (χ0n) is 35.7. The molecule has 11 aromatic rings. The zero-order valence-corrected chi connectivity index (χ0v) is 35.7. The fourth-order valence-corrected chi connectivity index (χ4v) is 9.92. The number of hydrogen-bond donors (Lipinski definition) is 0. The lowest BCUT2D eigenvalue weighted by Crippen LogP contribution is -2.14. The molecule has 0 N–H and O–H groups in total. The third-order valence-electron chi connectivity index (χ3n) is 13.2. The molecular weight excluding hydrogens is 775 g/mol. The molecule has 9 aromatic carbocycles. The normalized spacial score (nSPS) is 12.7. The van der Waals surface area contributed by atoms with Gasteiger partial charge in [0.1, 0.15) is 0 Å². The van der Waals surface area contributed by atoms with E-state index < -0.39 is 0 Å². The molecule has 64 heavy (non-hydrogen) atoms. The first-order valence-corrected chi connectivity index (χ1v) is 22.1. The molecule has 302 valence electrons. The highest BCUT2D eigenvalue weighted by molar-refractivity contribution is 6.09.